The lowest BCUT2D eigenvalue weighted by Crippen LogP contribution is -2.50. The molecule has 0 fully saturated rings. The van der Waals surface area contributed by atoms with Gasteiger partial charge < -0.3 is 10.2 Å². The number of nitrogens with zero attached hydrogens (tertiary/aromatic N) is 2. The molecule has 0 aromatic heterocycles. The lowest BCUT2D eigenvalue weighted by molar-refractivity contribution is -0.139. The number of carbonyl (C=O) groups is 2. The molecule has 0 heterocycles. The van der Waals surface area contributed by atoms with Gasteiger partial charge in [-0.3, -0.25) is 13.9 Å². The lowest BCUT2D eigenvalue weighted by Gasteiger charge is -2.32. The predicted octanol–water partition coefficient (Wildman–Crippen LogP) is 5.13. The zero-order valence-electron chi connectivity index (χ0n) is 21.4. The molecule has 0 unspecified atom stereocenters. The summed E-state index contributed by atoms with van der Waals surface area (Å²) in [6.07, 6.45) is -4.74. The largest absolute Gasteiger partial charge is 0.416 e. The number of hydrogen-bond donors (Lipinski definition) is 1. The van der Waals surface area contributed by atoms with Gasteiger partial charge in [0, 0.05) is 18.1 Å². The molecule has 12 heteroatoms. The number of nitrogens with one attached hydrogen (secondary N) is 1. The maximum absolute atomic E-state index is 13.7. The number of sulfonamides is 1. The van der Waals surface area contributed by atoms with Gasteiger partial charge in [0.05, 0.1) is 16.1 Å². The molecule has 0 bridgehead atoms. The van der Waals surface area contributed by atoms with Crippen LogP contribution in [-0.4, -0.2) is 44.8 Å². The molecule has 0 aliphatic rings. The van der Waals surface area contributed by atoms with Crippen molar-refractivity contribution >= 4 is 43.5 Å². The summed E-state index contributed by atoms with van der Waals surface area (Å²) >= 11 is 3.33. The number of hydrogen-bond acceptors (Lipinski definition) is 4. The standard InChI is InChI=1S/C27H27BrF3N3O4S/c1-18-7-13-24(14-8-18)39(37,38)34(23-6-4-5-21(15-23)27(29,30)31)17-25(35)33(19(2)26(36)32-3)16-20-9-11-22(28)12-10-20/h4-15,19H,16-17H2,1-3H3,(H,32,36)/t19-/m1/s1. The Balaban J connectivity index is 2.09. The molecule has 0 saturated heterocycles. The summed E-state index contributed by atoms with van der Waals surface area (Å²) in [4.78, 5) is 27.2. The Morgan fingerprint density at radius 3 is 2.18 bits per heavy atom. The first-order valence-corrected chi connectivity index (χ1v) is 14.0. The molecule has 0 saturated carbocycles. The number of amides is 2. The first kappa shape index (κ1) is 30.2. The topological polar surface area (TPSA) is 86.8 Å². The molecule has 0 spiro atoms. The molecule has 2 amide bonds. The SMILES string of the molecule is CNC(=O)[C@@H](C)N(Cc1ccc(Br)cc1)C(=O)CN(c1cccc(C(F)(F)F)c1)S(=O)(=O)c1ccc(C)cc1. The molecule has 3 aromatic rings. The van der Waals surface area contributed by atoms with Crippen molar-refractivity contribution in [3.63, 3.8) is 0 Å². The second-order valence-electron chi connectivity index (χ2n) is 8.81. The van der Waals surface area contributed by atoms with Crippen LogP contribution in [0.4, 0.5) is 18.9 Å². The summed E-state index contributed by atoms with van der Waals surface area (Å²) in [5, 5.41) is 2.47. The first-order chi connectivity index (χ1) is 18.2. The summed E-state index contributed by atoms with van der Waals surface area (Å²) in [6, 6.07) is 15.5. The van der Waals surface area contributed by atoms with Crippen LogP contribution in [-0.2, 0) is 32.3 Å². The van der Waals surface area contributed by atoms with Gasteiger partial charge in [-0.15, -0.1) is 0 Å². The average molecular weight is 626 g/mol. The molecule has 1 N–H and O–H groups in total. The van der Waals surface area contributed by atoms with Crippen molar-refractivity contribution in [2.24, 2.45) is 0 Å². The number of carbonyl (C=O) groups excluding carboxylic acids is 2. The maximum atomic E-state index is 13.7. The van der Waals surface area contributed by atoms with Crippen LogP contribution in [0, 0.1) is 6.92 Å². The van der Waals surface area contributed by atoms with Gasteiger partial charge in [0.25, 0.3) is 10.0 Å². The van der Waals surface area contributed by atoms with Gasteiger partial charge in [-0.05, 0) is 61.9 Å². The van der Waals surface area contributed by atoms with Gasteiger partial charge in [0.2, 0.25) is 11.8 Å². The molecule has 0 radical (unpaired) electrons. The van der Waals surface area contributed by atoms with Crippen LogP contribution in [0.3, 0.4) is 0 Å². The molecule has 208 valence electrons. The van der Waals surface area contributed by atoms with Crippen LogP contribution in [0.1, 0.15) is 23.6 Å². The van der Waals surface area contributed by atoms with E-state index in [-0.39, 0.29) is 17.1 Å². The fourth-order valence-electron chi connectivity index (χ4n) is 3.78. The van der Waals surface area contributed by atoms with Gasteiger partial charge in [-0.2, -0.15) is 13.2 Å². The fourth-order valence-corrected chi connectivity index (χ4v) is 5.45. The van der Waals surface area contributed by atoms with Crippen molar-refractivity contribution in [1.82, 2.24) is 10.2 Å². The van der Waals surface area contributed by atoms with Crippen LogP contribution < -0.4 is 9.62 Å². The number of halogens is 4. The first-order valence-electron chi connectivity index (χ1n) is 11.8. The van der Waals surface area contributed by atoms with E-state index in [1.54, 1.807) is 43.3 Å². The number of alkyl halides is 3. The highest BCUT2D eigenvalue weighted by Crippen LogP contribution is 2.33. The van der Waals surface area contributed by atoms with Crippen LogP contribution in [0.15, 0.2) is 82.2 Å². The van der Waals surface area contributed by atoms with Gasteiger partial charge in [0.1, 0.15) is 12.6 Å². The molecule has 3 aromatic carbocycles. The van der Waals surface area contributed by atoms with Gasteiger partial charge in [-0.25, -0.2) is 8.42 Å². The van der Waals surface area contributed by atoms with Crippen molar-refractivity contribution in [3.05, 3.63) is 94.0 Å². The Morgan fingerprint density at radius 2 is 1.62 bits per heavy atom. The zero-order valence-corrected chi connectivity index (χ0v) is 23.8. The minimum Gasteiger partial charge on any atom is -0.357 e. The Hall–Kier alpha value is -3.38. The summed E-state index contributed by atoms with van der Waals surface area (Å²) in [5.41, 5.74) is 0.0296. The molecular weight excluding hydrogens is 599 g/mol. The number of likely N-dealkylation sites (N-methyl/N-ethyl adjacent to an activating group) is 1. The summed E-state index contributed by atoms with van der Waals surface area (Å²) in [5.74, 6) is -1.27. The Morgan fingerprint density at radius 1 is 1.00 bits per heavy atom. The van der Waals surface area contributed by atoms with E-state index in [9.17, 15) is 31.2 Å². The highest BCUT2D eigenvalue weighted by atomic mass is 79.9. The molecule has 1 atom stereocenters. The molecule has 3 rings (SSSR count). The Kier molecular flexibility index (Phi) is 9.44. The Bertz CT molecular complexity index is 1430. The number of aryl methyl sites for hydroxylation is 1. The van der Waals surface area contributed by atoms with Gasteiger partial charge in [0.15, 0.2) is 0 Å². The van der Waals surface area contributed by atoms with Crippen LogP contribution >= 0.6 is 15.9 Å². The average Bonchev–Trinajstić information content (AvgIpc) is 2.90. The van der Waals surface area contributed by atoms with Crippen molar-refractivity contribution in [2.75, 3.05) is 17.9 Å². The highest BCUT2D eigenvalue weighted by Gasteiger charge is 2.35. The van der Waals surface area contributed by atoms with Crippen LogP contribution in [0.25, 0.3) is 0 Å². The summed E-state index contributed by atoms with van der Waals surface area (Å²) in [7, 11) is -3.08. The summed E-state index contributed by atoms with van der Waals surface area (Å²) < 4.78 is 69.3. The van der Waals surface area contributed by atoms with Crippen LogP contribution in [0.5, 0.6) is 0 Å². The minimum atomic E-state index is -4.74. The lowest BCUT2D eigenvalue weighted by atomic mass is 10.1. The Labute approximate surface area is 233 Å². The van der Waals surface area contributed by atoms with E-state index in [0.29, 0.717) is 15.9 Å². The van der Waals surface area contributed by atoms with Gasteiger partial charge >= 0.3 is 6.18 Å². The quantitative estimate of drug-likeness (QED) is 0.357. The normalized spacial score (nSPS) is 12.5. The maximum Gasteiger partial charge on any atom is 0.416 e. The molecule has 39 heavy (non-hydrogen) atoms. The molecular formula is C27H27BrF3N3O4S. The van der Waals surface area contributed by atoms with Crippen molar-refractivity contribution in [2.45, 2.75) is 37.5 Å². The minimum absolute atomic E-state index is 0.0400. The second kappa shape index (κ2) is 12.2. The molecule has 7 nitrogen and oxygen atoms in total. The smallest absolute Gasteiger partial charge is 0.357 e. The number of benzene rings is 3. The van der Waals surface area contributed by atoms with E-state index in [0.717, 1.165) is 22.2 Å². The van der Waals surface area contributed by atoms with E-state index in [1.165, 1.54) is 37.1 Å². The third-order valence-corrected chi connectivity index (χ3v) is 8.35. The van der Waals surface area contributed by atoms with Crippen molar-refractivity contribution in [3.8, 4) is 0 Å². The zero-order chi connectivity index (χ0) is 29.0. The molecule has 0 aliphatic carbocycles. The second-order valence-corrected chi connectivity index (χ2v) is 11.6. The van der Waals surface area contributed by atoms with E-state index in [1.807, 2.05) is 0 Å². The van der Waals surface area contributed by atoms with E-state index in [4.69, 9.17) is 0 Å². The van der Waals surface area contributed by atoms with E-state index < -0.39 is 46.2 Å². The fraction of sp³-hybridized carbons (Fsp3) is 0.259. The van der Waals surface area contributed by atoms with E-state index >= 15 is 0 Å². The van der Waals surface area contributed by atoms with Gasteiger partial charge in [-0.1, -0.05) is 51.8 Å². The monoisotopic (exact) mass is 625 g/mol. The third-order valence-electron chi connectivity index (χ3n) is 6.03. The van der Waals surface area contributed by atoms with Crippen molar-refractivity contribution < 1.29 is 31.2 Å². The predicted molar refractivity (Wildman–Crippen MR) is 145 cm³/mol. The number of rotatable bonds is 9. The third kappa shape index (κ3) is 7.39. The number of anilines is 1. The van der Waals surface area contributed by atoms with Crippen LogP contribution in [0.2, 0.25) is 0 Å². The van der Waals surface area contributed by atoms with E-state index in [2.05, 4.69) is 21.2 Å². The molecule has 0 aliphatic heterocycles. The highest BCUT2D eigenvalue weighted by molar-refractivity contribution is 9.10. The van der Waals surface area contributed by atoms with Crippen molar-refractivity contribution in [1.29, 1.82) is 0 Å². The summed E-state index contributed by atoms with van der Waals surface area (Å²) in [6.45, 7) is 2.36.